The van der Waals surface area contributed by atoms with Crippen molar-refractivity contribution in [3.63, 3.8) is 0 Å². The zero-order valence-corrected chi connectivity index (χ0v) is 36.9. The van der Waals surface area contributed by atoms with E-state index in [0.717, 1.165) is 82.4 Å². The second kappa shape index (κ2) is 16.6. The number of fused-ring (bicyclic) bond motifs is 7. The maximum Gasteiger partial charge on any atom is 0.323 e. The van der Waals surface area contributed by atoms with E-state index in [-0.39, 0.29) is 36.3 Å². The molecule has 1 aliphatic carbocycles. The van der Waals surface area contributed by atoms with E-state index < -0.39 is 23.5 Å². The van der Waals surface area contributed by atoms with Crippen molar-refractivity contribution in [3.8, 4) is 22.5 Å². The highest BCUT2D eigenvalue weighted by Gasteiger charge is 2.42. The highest BCUT2D eigenvalue weighted by Crippen LogP contribution is 2.43. The van der Waals surface area contributed by atoms with Gasteiger partial charge in [0.05, 0.1) is 58.8 Å². The highest BCUT2D eigenvalue weighted by molar-refractivity contribution is 7.10. The highest BCUT2D eigenvalue weighted by atomic mass is 32.1. The predicted molar refractivity (Wildman–Crippen MR) is 235 cm³/mol. The Balaban J connectivity index is 1.16. The lowest BCUT2D eigenvalue weighted by Crippen LogP contribution is -2.56. The number of nitrogens with zero attached hydrogens (tertiary/aromatic N) is 5. The molecular weight excluding hydrogens is 775 g/mol. The first kappa shape index (κ1) is 41.2. The maximum absolute atomic E-state index is 14.2. The number of hydrogen-bond acceptors (Lipinski definition) is 11. The lowest BCUT2D eigenvalue weighted by Gasteiger charge is -2.39. The molecule has 4 aromatic rings. The molecule has 0 spiro atoms. The molecule has 1 saturated carbocycles. The van der Waals surface area contributed by atoms with E-state index >= 15 is 0 Å². The van der Waals surface area contributed by atoms with Gasteiger partial charge < -0.3 is 24.3 Å². The lowest BCUT2D eigenvalue weighted by atomic mass is 9.84. The predicted octanol–water partition coefficient (Wildman–Crippen LogP) is 6.73. The zero-order chi connectivity index (χ0) is 41.9. The molecule has 7 heterocycles. The Labute approximate surface area is 357 Å². The number of thiazole rings is 1. The number of nitrogens with one attached hydrogen (secondary N) is 2. The summed E-state index contributed by atoms with van der Waals surface area (Å²) in [4.78, 5) is 56.8. The summed E-state index contributed by atoms with van der Waals surface area (Å²) in [7, 11) is 1.74. The van der Waals surface area contributed by atoms with Crippen molar-refractivity contribution >= 4 is 45.6 Å². The van der Waals surface area contributed by atoms with Crippen LogP contribution in [-0.4, -0.2) is 101 Å². The third kappa shape index (κ3) is 8.02. The van der Waals surface area contributed by atoms with Crippen molar-refractivity contribution in [2.75, 3.05) is 44.8 Å². The number of amides is 1. The van der Waals surface area contributed by atoms with Crippen molar-refractivity contribution in [1.82, 2.24) is 30.1 Å². The molecule has 7 atom stereocenters. The van der Waals surface area contributed by atoms with Crippen LogP contribution in [0.3, 0.4) is 0 Å². The van der Waals surface area contributed by atoms with Crippen LogP contribution >= 0.6 is 11.3 Å². The average molecular weight is 836 g/mol. The summed E-state index contributed by atoms with van der Waals surface area (Å²) in [5.74, 6) is -0.282. The molecule has 1 unspecified atom stereocenters. The Bertz CT molecular complexity index is 2280. The number of carbonyl (C=O) groups is 3. The maximum atomic E-state index is 14.2. The van der Waals surface area contributed by atoms with Gasteiger partial charge in [-0.15, -0.1) is 11.3 Å². The monoisotopic (exact) mass is 835 g/mol. The van der Waals surface area contributed by atoms with E-state index in [9.17, 15) is 14.4 Å². The summed E-state index contributed by atoms with van der Waals surface area (Å²) in [6.45, 7) is 15.8. The molecule has 320 valence electrons. The number of aryl methyl sites for hydroxylation is 1. The SMILES string of the molecule is CCn1c(-c2cc(N3CCN4CCC[C@@H]4C3)cnc2[C@H](C)OC)c2c3cc(ccc31)-c1csc(n1)C[C@H](NC(=O)[C@H]1C[C@@H]1C)C(=O)C1CCC[C@H](N1)C(=O)OCC(C)(C)C2. The summed E-state index contributed by atoms with van der Waals surface area (Å²) in [6.07, 6.45) is 7.94. The summed E-state index contributed by atoms with van der Waals surface area (Å²) in [5.41, 5.74) is 7.87. The Hall–Kier alpha value is -4.17. The first-order valence-corrected chi connectivity index (χ1v) is 23.2. The number of benzene rings is 1. The van der Waals surface area contributed by atoms with Gasteiger partial charge in [-0.05, 0) is 95.0 Å². The number of anilines is 1. The van der Waals surface area contributed by atoms with Crippen LogP contribution in [0.2, 0.25) is 0 Å². The van der Waals surface area contributed by atoms with Crippen LogP contribution in [0.25, 0.3) is 33.4 Å². The molecule has 6 bridgehead atoms. The van der Waals surface area contributed by atoms with Crippen molar-refractivity contribution in [2.45, 2.75) is 123 Å². The number of rotatable bonds is 7. The van der Waals surface area contributed by atoms with E-state index in [1.807, 2.05) is 6.20 Å². The van der Waals surface area contributed by atoms with Gasteiger partial charge in [-0.2, -0.15) is 0 Å². The molecule has 2 N–H and O–H groups in total. The van der Waals surface area contributed by atoms with Gasteiger partial charge in [0.15, 0.2) is 5.78 Å². The minimum Gasteiger partial charge on any atom is -0.464 e. The number of esters is 1. The van der Waals surface area contributed by atoms with Gasteiger partial charge in [0, 0.05) is 84.5 Å². The topological polar surface area (TPSA) is 131 Å². The van der Waals surface area contributed by atoms with E-state index in [4.69, 9.17) is 19.4 Å². The average Bonchev–Trinajstić information content (AvgIpc) is 3.55. The van der Waals surface area contributed by atoms with Crippen LogP contribution in [0.15, 0.2) is 35.8 Å². The Morgan fingerprint density at radius 1 is 1.12 bits per heavy atom. The molecule has 3 aromatic heterocycles. The fraction of sp³-hybridized carbons (Fsp3) is 0.596. The van der Waals surface area contributed by atoms with Gasteiger partial charge in [-0.1, -0.05) is 26.8 Å². The number of hydrogen-bond donors (Lipinski definition) is 2. The molecule has 5 aliphatic rings. The van der Waals surface area contributed by atoms with E-state index in [2.05, 4.69) is 89.3 Å². The van der Waals surface area contributed by atoms with E-state index in [1.165, 1.54) is 36.3 Å². The van der Waals surface area contributed by atoms with E-state index in [0.29, 0.717) is 44.1 Å². The third-order valence-electron chi connectivity index (χ3n) is 13.9. The number of piperazine rings is 1. The molecule has 3 saturated heterocycles. The number of aromatic nitrogens is 3. The molecular formula is C47H61N7O5S. The second-order valence-corrected chi connectivity index (χ2v) is 19.8. The largest absolute Gasteiger partial charge is 0.464 e. The zero-order valence-electron chi connectivity index (χ0n) is 36.1. The Kier molecular flexibility index (Phi) is 11.4. The molecule has 1 aromatic carbocycles. The van der Waals surface area contributed by atoms with Crippen molar-refractivity contribution in [1.29, 1.82) is 0 Å². The van der Waals surface area contributed by atoms with Gasteiger partial charge in [0.25, 0.3) is 0 Å². The number of ketones is 1. The van der Waals surface area contributed by atoms with Gasteiger partial charge in [-0.3, -0.25) is 29.6 Å². The fourth-order valence-corrected chi connectivity index (χ4v) is 11.1. The van der Waals surface area contributed by atoms with Crippen LogP contribution in [-0.2, 0) is 43.2 Å². The third-order valence-corrected chi connectivity index (χ3v) is 14.8. The molecule has 9 rings (SSSR count). The quantitative estimate of drug-likeness (QED) is 0.194. The number of carbonyl (C=O) groups excluding carboxylic acids is 3. The first-order chi connectivity index (χ1) is 28.9. The number of Topliss-reactive ketones (excluding diaryl/α,β-unsaturated/α-hetero) is 1. The number of pyridine rings is 1. The fourth-order valence-electron chi connectivity index (χ4n) is 10.3. The Morgan fingerprint density at radius 2 is 1.93 bits per heavy atom. The normalized spacial score (nSPS) is 27.6. The minimum absolute atomic E-state index is 0.0703. The summed E-state index contributed by atoms with van der Waals surface area (Å²) in [5, 5.41) is 10.4. The van der Waals surface area contributed by atoms with Gasteiger partial charge in [0.2, 0.25) is 5.91 Å². The molecule has 0 radical (unpaired) electrons. The summed E-state index contributed by atoms with van der Waals surface area (Å²) < 4.78 is 14.6. The molecule has 1 amide bonds. The van der Waals surface area contributed by atoms with E-state index in [1.54, 1.807) is 7.11 Å². The van der Waals surface area contributed by atoms with Gasteiger partial charge in [0.1, 0.15) is 6.04 Å². The number of cyclic esters (lactones) is 1. The lowest BCUT2D eigenvalue weighted by molar-refractivity contribution is -0.150. The van der Waals surface area contributed by atoms with Gasteiger partial charge >= 0.3 is 5.97 Å². The van der Waals surface area contributed by atoms with Crippen LogP contribution in [0.5, 0.6) is 0 Å². The van der Waals surface area contributed by atoms with Crippen LogP contribution in [0.1, 0.15) is 95.5 Å². The molecule has 4 fully saturated rings. The number of piperidine rings is 1. The minimum atomic E-state index is -0.750. The summed E-state index contributed by atoms with van der Waals surface area (Å²) >= 11 is 1.52. The number of ether oxygens (including phenoxy) is 2. The molecule has 12 nitrogen and oxygen atoms in total. The molecule has 4 aliphatic heterocycles. The van der Waals surface area contributed by atoms with Crippen LogP contribution in [0, 0.1) is 17.3 Å². The first-order valence-electron chi connectivity index (χ1n) is 22.3. The van der Waals surface area contributed by atoms with Gasteiger partial charge in [-0.25, -0.2) is 4.98 Å². The van der Waals surface area contributed by atoms with Crippen molar-refractivity contribution < 1.29 is 23.9 Å². The molecule has 13 heteroatoms. The van der Waals surface area contributed by atoms with Crippen LogP contribution < -0.4 is 15.5 Å². The van der Waals surface area contributed by atoms with Crippen LogP contribution in [0.4, 0.5) is 5.69 Å². The van der Waals surface area contributed by atoms with Crippen molar-refractivity contribution in [2.24, 2.45) is 17.3 Å². The van der Waals surface area contributed by atoms with Crippen molar-refractivity contribution in [3.05, 3.63) is 52.1 Å². The second-order valence-electron chi connectivity index (χ2n) is 18.9. The summed E-state index contributed by atoms with van der Waals surface area (Å²) in [6, 6.07) is 7.60. The molecule has 60 heavy (non-hydrogen) atoms. The smallest absolute Gasteiger partial charge is 0.323 e. The standard InChI is InChI=1S/C47H61N7O5S/c1-7-54-40-14-13-29-19-33(40)35(43(54)34-20-31(23-48-42(34)28(3)58-6)53-17-16-52-15-9-10-30(52)24-53)22-47(4,5)26-59-46(57)37-12-8-11-36(49-37)44(55)38(21-41-50-39(29)25-60-41)51-45(56)32-18-27(32)2/h13-14,19-20,23,25,27-28,30,32,36-38,49H,7-12,15-18,21-22,24,26H2,1-6H3,(H,51,56)/t27-,28-,30+,32-,36?,37-,38-/m0/s1. The Morgan fingerprint density at radius 3 is 2.72 bits per heavy atom. The number of methoxy groups -OCH3 is 1.